The normalized spacial score (nSPS) is 9.90. The molecule has 0 spiro atoms. The Morgan fingerprint density at radius 3 is 2.45 bits per heavy atom. The van der Waals surface area contributed by atoms with Crippen LogP contribution in [0.1, 0.15) is 10.5 Å². The Morgan fingerprint density at radius 2 is 1.85 bits per heavy atom. The van der Waals surface area contributed by atoms with Crippen LogP contribution < -0.4 is 16.2 Å². The SMILES string of the molecule is O=C(NNC(=S)Nc1cc(Cl)cc(Cl)c1)c1ccc[nH]1. The van der Waals surface area contributed by atoms with E-state index in [4.69, 9.17) is 35.4 Å². The fraction of sp³-hybridized carbons (Fsp3) is 0. The summed E-state index contributed by atoms with van der Waals surface area (Å²) in [7, 11) is 0. The van der Waals surface area contributed by atoms with Gasteiger partial charge in [-0.15, -0.1) is 0 Å². The van der Waals surface area contributed by atoms with E-state index in [0.29, 0.717) is 21.4 Å². The standard InChI is InChI=1S/C12H10Cl2N4OS/c13-7-4-8(14)6-9(5-7)16-12(20)18-17-11(19)10-2-1-3-15-10/h1-6,15H,(H,17,19)(H2,16,18,20). The second-order valence-electron chi connectivity index (χ2n) is 3.78. The number of aromatic amines is 1. The van der Waals surface area contributed by atoms with Gasteiger partial charge in [0.1, 0.15) is 5.69 Å². The molecule has 0 bridgehead atoms. The molecule has 4 N–H and O–H groups in total. The highest BCUT2D eigenvalue weighted by Crippen LogP contribution is 2.22. The van der Waals surface area contributed by atoms with Gasteiger partial charge in [-0.25, -0.2) is 0 Å². The van der Waals surface area contributed by atoms with Gasteiger partial charge in [0, 0.05) is 21.9 Å². The average Bonchev–Trinajstić information content (AvgIpc) is 2.88. The zero-order valence-corrected chi connectivity index (χ0v) is 12.4. The third-order valence-electron chi connectivity index (χ3n) is 2.25. The molecule has 0 aliphatic heterocycles. The van der Waals surface area contributed by atoms with Crippen LogP contribution in [0.15, 0.2) is 36.5 Å². The molecule has 1 aromatic heterocycles. The summed E-state index contributed by atoms with van der Waals surface area (Å²) >= 11 is 16.8. The van der Waals surface area contributed by atoms with Crippen LogP contribution in [0.3, 0.4) is 0 Å². The van der Waals surface area contributed by atoms with Crippen molar-refractivity contribution in [1.29, 1.82) is 0 Å². The lowest BCUT2D eigenvalue weighted by Crippen LogP contribution is -2.43. The molecular formula is C12H10Cl2N4OS. The Kier molecular flexibility index (Phi) is 4.84. The first-order chi connectivity index (χ1) is 9.54. The number of benzene rings is 1. The average molecular weight is 329 g/mol. The van der Waals surface area contributed by atoms with Crippen molar-refractivity contribution >= 4 is 52.1 Å². The third kappa shape index (κ3) is 4.12. The highest BCUT2D eigenvalue weighted by Gasteiger charge is 2.06. The second kappa shape index (κ2) is 6.60. The Hall–Kier alpha value is -1.76. The molecule has 0 aliphatic rings. The number of hydrogen-bond acceptors (Lipinski definition) is 2. The zero-order valence-electron chi connectivity index (χ0n) is 10.0. The number of amides is 1. The highest BCUT2D eigenvalue weighted by atomic mass is 35.5. The van der Waals surface area contributed by atoms with Crippen molar-refractivity contribution in [2.75, 3.05) is 5.32 Å². The molecular weight excluding hydrogens is 319 g/mol. The molecule has 0 saturated heterocycles. The van der Waals surface area contributed by atoms with Gasteiger partial charge in [0.25, 0.3) is 5.91 Å². The molecule has 0 aliphatic carbocycles. The molecule has 104 valence electrons. The zero-order chi connectivity index (χ0) is 14.5. The molecule has 1 amide bonds. The molecule has 0 atom stereocenters. The number of H-pyrrole nitrogens is 1. The summed E-state index contributed by atoms with van der Waals surface area (Å²) in [5.74, 6) is -0.330. The largest absolute Gasteiger partial charge is 0.357 e. The van der Waals surface area contributed by atoms with Crippen LogP contribution in [0, 0.1) is 0 Å². The first-order valence-corrected chi connectivity index (χ1v) is 6.68. The summed E-state index contributed by atoms with van der Waals surface area (Å²) in [5, 5.41) is 4.03. The lowest BCUT2D eigenvalue weighted by atomic mass is 10.3. The van der Waals surface area contributed by atoms with E-state index < -0.39 is 0 Å². The quantitative estimate of drug-likeness (QED) is 0.505. The molecule has 0 unspecified atom stereocenters. The highest BCUT2D eigenvalue weighted by molar-refractivity contribution is 7.80. The smallest absolute Gasteiger partial charge is 0.286 e. The van der Waals surface area contributed by atoms with Crippen LogP contribution in [0.2, 0.25) is 10.0 Å². The van der Waals surface area contributed by atoms with Crippen LogP contribution in [0.25, 0.3) is 0 Å². The number of carbonyl (C=O) groups is 1. The Morgan fingerprint density at radius 1 is 1.15 bits per heavy atom. The summed E-state index contributed by atoms with van der Waals surface area (Å²) in [4.78, 5) is 14.4. The molecule has 8 heteroatoms. The van der Waals surface area contributed by atoms with E-state index in [1.165, 1.54) is 0 Å². The summed E-state index contributed by atoms with van der Waals surface area (Å²) in [6, 6.07) is 8.30. The number of halogens is 2. The number of hydrazine groups is 1. The van der Waals surface area contributed by atoms with E-state index in [1.54, 1.807) is 36.5 Å². The van der Waals surface area contributed by atoms with Gasteiger partial charge in [-0.3, -0.25) is 15.6 Å². The first kappa shape index (κ1) is 14.6. The van der Waals surface area contributed by atoms with Gasteiger partial charge in [-0.05, 0) is 42.5 Å². The van der Waals surface area contributed by atoms with E-state index in [0.717, 1.165) is 0 Å². The fourth-order valence-corrected chi connectivity index (χ4v) is 2.14. The van der Waals surface area contributed by atoms with E-state index in [2.05, 4.69) is 21.2 Å². The van der Waals surface area contributed by atoms with Crippen LogP contribution >= 0.6 is 35.4 Å². The number of thiocarbonyl (C=S) groups is 1. The third-order valence-corrected chi connectivity index (χ3v) is 2.89. The van der Waals surface area contributed by atoms with Crippen molar-refractivity contribution in [3.8, 4) is 0 Å². The monoisotopic (exact) mass is 328 g/mol. The van der Waals surface area contributed by atoms with Gasteiger partial charge >= 0.3 is 0 Å². The van der Waals surface area contributed by atoms with Crippen molar-refractivity contribution in [2.24, 2.45) is 0 Å². The summed E-state index contributed by atoms with van der Waals surface area (Å²) in [6.45, 7) is 0. The molecule has 2 rings (SSSR count). The molecule has 5 nitrogen and oxygen atoms in total. The minimum Gasteiger partial charge on any atom is -0.357 e. The molecule has 0 radical (unpaired) electrons. The van der Waals surface area contributed by atoms with Gasteiger partial charge in [-0.2, -0.15) is 0 Å². The van der Waals surface area contributed by atoms with Crippen molar-refractivity contribution < 1.29 is 4.79 Å². The molecule has 2 aromatic rings. The maximum Gasteiger partial charge on any atom is 0.286 e. The molecule has 20 heavy (non-hydrogen) atoms. The van der Waals surface area contributed by atoms with Crippen LogP contribution in [-0.4, -0.2) is 16.0 Å². The number of hydrogen-bond donors (Lipinski definition) is 4. The van der Waals surface area contributed by atoms with Crippen LogP contribution in [0.4, 0.5) is 5.69 Å². The lowest BCUT2D eigenvalue weighted by molar-refractivity contribution is 0.0940. The molecule has 0 fully saturated rings. The first-order valence-electron chi connectivity index (χ1n) is 5.51. The molecule has 1 aromatic carbocycles. The number of carbonyl (C=O) groups excluding carboxylic acids is 1. The van der Waals surface area contributed by atoms with E-state index >= 15 is 0 Å². The van der Waals surface area contributed by atoms with Gasteiger partial charge in [0.15, 0.2) is 5.11 Å². The summed E-state index contributed by atoms with van der Waals surface area (Å²) in [5.41, 5.74) is 6.06. The van der Waals surface area contributed by atoms with Crippen molar-refractivity contribution in [1.82, 2.24) is 15.8 Å². The predicted octanol–water partition coefficient (Wildman–Crippen LogP) is 2.95. The minimum absolute atomic E-state index is 0.211. The van der Waals surface area contributed by atoms with E-state index in [1.807, 2.05) is 0 Å². The number of aromatic nitrogens is 1. The van der Waals surface area contributed by atoms with Crippen LogP contribution in [0.5, 0.6) is 0 Å². The van der Waals surface area contributed by atoms with E-state index in [9.17, 15) is 4.79 Å². The Bertz CT molecular complexity index is 610. The summed E-state index contributed by atoms with van der Waals surface area (Å²) < 4.78 is 0. The van der Waals surface area contributed by atoms with Crippen molar-refractivity contribution in [2.45, 2.75) is 0 Å². The predicted molar refractivity (Wildman–Crippen MR) is 84.1 cm³/mol. The lowest BCUT2D eigenvalue weighted by Gasteiger charge is -2.11. The number of nitrogens with one attached hydrogen (secondary N) is 4. The van der Waals surface area contributed by atoms with E-state index in [-0.39, 0.29) is 11.0 Å². The summed E-state index contributed by atoms with van der Waals surface area (Å²) in [6.07, 6.45) is 1.65. The van der Waals surface area contributed by atoms with Gasteiger partial charge in [0.2, 0.25) is 0 Å². The maximum atomic E-state index is 11.6. The molecule has 0 saturated carbocycles. The van der Waals surface area contributed by atoms with Crippen molar-refractivity contribution in [3.05, 3.63) is 52.3 Å². The Balaban J connectivity index is 1.88. The molecule has 1 heterocycles. The minimum atomic E-state index is -0.330. The van der Waals surface area contributed by atoms with Crippen molar-refractivity contribution in [3.63, 3.8) is 0 Å². The van der Waals surface area contributed by atoms with Crippen LogP contribution in [-0.2, 0) is 0 Å². The van der Waals surface area contributed by atoms with Gasteiger partial charge < -0.3 is 10.3 Å². The fourth-order valence-electron chi connectivity index (χ4n) is 1.44. The second-order valence-corrected chi connectivity index (χ2v) is 5.06. The topological polar surface area (TPSA) is 69.0 Å². The maximum absolute atomic E-state index is 11.6. The van der Waals surface area contributed by atoms with Gasteiger partial charge in [-0.1, -0.05) is 23.2 Å². The number of anilines is 1. The Labute approximate surface area is 130 Å². The van der Waals surface area contributed by atoms with Gasteiger partial charge in [0.05, 0.1) is 0 Å². The number of rotatable bonds is 2.